The highest BCUT2D eigenvalue weighted by atomic mass is 16.5. The lowest BCUT2D eigenvalue weighted by Gasteiger charge is -2.15. The van der Waals surface area contributed by atoms with Gasteiger partial charge in [0, 0.05) is 33.8 Å². The number of ether oxygens (including phenoxy) is 1. The summed E-state index contributed by atoms with van der Waals surface area (Å²) in [5.41, 5.74) is 8.78. The van der Waals surface area contributed by atoms with Crippen LogP contribution in [-0.2, 0) is 4.79 Å². The number of amides is 1. The lowest BCUT2D eigenvalue weighted by Crippen LogP contribution is -2.10. The summed E-state index contributed by atoms with van der Waals surface area (Å²) >= 11 is 0. The molecule has 0 radical (unpaired) electrons. The van der Waals surface area contributed by atoms with Crippen LogP contribution >= 0.6 is 0 Å². The van der Waals surface area contributed by atoms with E-state index >= 15 is 0 Å². The zero-order valence-electron chi connectivity index (χ0n) is 20.6. The van der Waals surface area contributed by atoms with Gasteiger partial charge in [-0.1, -0.05) is 29.8 Å². The number of carbonyl (C=O) groups is 1. The first-order valence-corrected chi connectivity index (χ1v) is 11.5. The average Bonchev–Trinajstić information content (AvgIpc) is 3.19. The minimum Gasteiger partial charge on any atom is -0.493 e. The third kappa shape index (κ3) is 4.60. The van der Waals surface area contributed by atoms with Crippen molar-refractivity contribution < 1.29 is 13.9 Å². The van der Waals surface area contributed by atoms with Crippen LogP contribution in [0, 0.1) is 27.7 Å². The SMILES string of the molecule is CCOc1c(/C(C)=C/C(=O)Nc2cccc(C)n2)cc2c(-c3ccc(C)cc3C)coc2c1C. The van der Waals surface area contributed by atoms with Crippen LogP contribution < -0.4 is 10.1 Å². The molecular weight excluding hydrogens is 424 g/mol. The van der Waals surface area contributed by atoms with Crippen LogP contribution in [0.3, 0.4) is 0 Å². The first kappa shape index (κ1) is 23.3. The van der Waals surface area contributed by atoms with Gasteiger partial charge in [-0.3, -0.25) is 4.79 Å². The Labute approximate surface area is 200 Å². The summed E-state index contributed by atoms with van der Waals surface area (Å²) in [5.74, 6) is 1.02. The molecule has 0 saturated carbocycles. The number of aryl methyl sites for hydroxylation is 4. The number of anilines is 1. The quantitative estimate of drug-likeness (QED) is 0.314. The van der Waals surface area contributed by atoms with Crippen molar-refractivity contribution in [1.82, 2.24) is 4.98 Å². The molecule has 0 aliphatic carbocycles. The highest BCUT2D eigenvalue weighted by Crippen LogP contribution is 2.41. The van der Waals surface area contributed by atoms with E-state index in [0.717, 1.165) is 50.2 Å². The number of nitrogens with one attached hydrogen (secondary N) is 1. The Morgan fingerprint density at radius 3 is 2.59 bits per heavy atom. The monoisotopic (exact) mass is 454 g/mol. The number of carbonyl (C=O) groups excluding carboxylic acids is 1. The Bertz CT molecular complexity index is 1410. The van der Waals surface area contributed by atoms with Crippen LogP contribution in [-0.4, -0.2) is 17.5 Å². The van der Waals surface area contributed by atoms with Gasteiger partial charge in [0.15, 0.2) is 0 Å². The largest absolute Gasteiger partial charge is 0.493 e. The molecule has 0 aliphatic heterocycles. The molecule has 0 bridgehead atoms. The lowest BCUT2D eigenvalue weighted by molar-refractivity contribution is -0.111. The molecule has 5 heteroatoms. The Hall–Kier alpha value is -3.86. The normalized spacial score (nSPS) is 11.6. The number of aromatic nitrogens is 1. The molecule has 2 aromatic carbocycles. The molecule has 174 valence electrons. The first-order chi connectivity index (χ1) is 16.3. The predicted octanol–water partition coefficient (Wildman–Crippen LogP) is 7.17. The molecule has 0 unspecified atom stereocenters. The minimum atomic E-state index is -0.238. The molecule has 0 fully saturated rings. The topological polar surface area (TPSA) is 64.4 Å². The molecule has 1 N–H and O–H groups in total. The molecule has 0 aliphatic rings. The number of benzene rings is 2. The summed E-state index contributed by atoms with van der Waals surface area (Å²) in [5, 5.41) is 3.84. The molecule has 4 aromatic rings. The van der Waals surface area contributed by atoms with Crippen molar-refractivity contribution >= 4 is 28.3 Å². The van der Waals surface area contributed by atoms with Crippen LogP contribution in [0.4, 0.5) is 5.82 Å². The van der Waals surface area contributed by atoms with Crippen molar-refractivity contribution in [2.24, 2.45) is 0 Å². The third-order valence-corrected chi connectivity index (χ3v) is 5.92. The van der Waals surface area contributed by atoms with E-state index in [1.54, 1.807) is 12.1 Å². The zero-order chi connectivity index (χ0) is 24.4. The number of fused-ring (bicyclic) bond motifs is 1. The van der Waals surface area contributed by atoms with Crippen molar-refractivity contribution in [3.63, 3.8) is 0 Å². The molecular formula is C29H30N2O3. The Kier molecular flexibility index (Phi) is 6.55. The van der Waals surface area contributed by atoms with E-state index in [0.29, 0.717) is 12.4 Å². The summed E-state index contributed by atoms with van der Waals surface area (Å²) in [4.78, 5) is 17.1. The molecule has 4 rings (SSSR count). The van der Waals surface area contributed by atoms with Crippen LogP contribution in [0.1, 0.15) is 41.8 Å². The second kappa shape index (κ2) is 9.56. The summed E-state index contributed by atoms with van der Waals surface area (Å²) in [6, 6.07) is 14.0. The van der Waals surface area contributed by atoms with Crippen molar-refractivity contribution in [3.8, 4) is 16.9 Å². The molecule has 2 aromatic heterocycles. The van der Waals surface area contributed by atoms with Crippen molar-refractivity contribution in [3.05, 3.63) is 82.8 Å². The smallest absolute Gasteiger partial charge is 0.249 e. The second-order valence-electron chi connectivity index (χ2n) is 8.64. The molecule has 2 heterocycles. The number of nitrogens with zero attached hydrogens (tertiary/aromatic N) is 1. The summed E-state index contributed by atoms with van der Waals surface area (Å²) in [7, 11) is 0. The third-order valence-electron chi connectivity index (χ3n) is 5.92. The zero-order valence-corrected chi connectivity index (χ0v) is 20.6. The number of hydrogen-bond acceptors (Lipinski definition) is 4. The summed E-state index contributed by atoms with van der Waals surface area (Å²) < 4.78 is 12.0. The second-order valence-corrected chi connectivity index (χ2v) is 8.64. The van der Waals surface area contributed by atoms with Crippen LogP contribution in [0.25, 0.3) is 27.7 Å². The van der Waals surface area contributed by atoms with Crippen LogP contribution in [0.5, 0.6) is 5.75 Å². The fourth-order valence-electron chi connectivity index (χ4n) is 4.31. The average molecular weight is 455 g/mol. The first-order valence-electron chi connectivity index (χ1n) is 11.5. The maximum atomic E-state index is 12.8. The fraction of sp³-hybridized carbons (Fsp3) is 0.241. The van der Waals surface area contributed by atoms with Crippen molar-refractivity contribution in [1.29, 1.82) is 0 Å². The van der Waals surface area contributed by atoms with Gasteiger partial charge in [0.25, 0.3) is 0 Å². The maximum absolute atomic E-state index is 12.8. The number of allylic oxidation sites excluding steroid dienone is 1. The van der Waals surface area contributed by atoms with Gasteiger partial charge in [-0.2, -0.15) is 0 Å². The molecule has 1 amide bonds. The van der Waals surface area contributed by atoms with E-state index in [2.05, 4.69) is 48.4 Å². The van der Waals surface area contributed by atoms with E-state index in [1.807, 2.05) is 46.1 Å². The highest BCUT2D eigenvalue weighted by molar-refractivity contribution is 6.05. The molecule has 5 nitrogen and oxygen atoms in total. The van der Waals surface area contributed by atoms with Crippen molar-refractivity contribution in [2.75, 3.05) is 11.9 Å². The predicted molar refractivity (Wildman–Crippen MR) is 138 cm³/mol. The Morgan fingerprint density at radius 2 is 1.88 bits per heavy atom. The summed E-state index contributed by atoms with van der Waals surface area (Å²) in [6.45, 7) is 12.5. The number of furan rings is 1. The molecule has 0 saturated heterocycles. The van der Waals surface area contributed by atoms with Crippen LogP contribution in [0.2, 0.25) is 0 Å². The molecule has 0 spiro atoms. The van der Waals surface area contributed by atoms with Gasteiger partial charge in [-0.15, -0.1) is 0 Å². The van der Waals surface area contributed by atoms with Gasteiger partial charge in [-0.05, 0) is 76.4 Å². The molecule has 0 atom stereocenters. The highest BCUT2D eigenvalue weighted by Gasteiger charge is 2.20. The Balaban J connectivity index is 1.80. The van der Waals surface area contributed by atoms with Gasteiger partial charge in [0.1, 0.15) is 17.2 Å². The lowest BCUT2D eigenvalue weighted by atomic mass is 9.94. The maximum Gasteiger partial charge on any atom is 0.249 e. The van der Waals surface area contributed by atoms with Crippen LogP contribution in [0.15, 0.2) is 59.2 Å². The van der Waals surface area contributed by atoms with E-state index < -0.39 is 0 Å². The number of rotatable bonds is 6. The van der Waals surface area contributed by atoms with E-state index in [9.17, 15) is 4.79 Å². The molecule has 34 heavy (non-hydrogen) atoms. The van der Waals surface area contributed by atoms with Gasteiger partial charge in [0.2, 0.25) is 5.91 Å². The number of hydrogen-bond donors (Lipinski definition) is 1. The number of pyridine rings is 1. The van der Waals surface area contributed by atoms with Crippen molar-refractivity contribution in [2.45, 2.75) is 41.5 Å². The van der Waals surface area contributed by atoms with Gasteiger partial charge >= 0.3 is 0 Å². The van der Waals surface area contributed by atoms with Gasteiger partial charge < -0.3 is 14.5 Å². The standard InChI is InChI=1S/C29H30N2O3/c1-7-33-28-21(6)29-24(25(16-34-29)22-12-11-17(2)13-18(22)3)15-23(28)19(4)14-27(32)31-26-10-8-9-20(5)30-26/h8-16H,7H2,1-6H3,(H,30,31,32)/b19-14+. The van der Waals surface area contributed by atoms with Gasteiger partial charge in [-0.25, -0.2) is 4.98 Å². The minimum absolute atomic E-state index is 0.238. The van der Waals surface area contributed by atoms with Gasteiger partial charge in [0.05, 0.1) is 12.9 Å². The van der Waals surface area contributed by atoms with E-state index in [4.69, 9.17) is 9.15 Å². The van der Waals surface area contributed by atoms with E-state index in [-0.39, 0.29) is 5.91 Å². The summed E-state index contributed by atoms with van der Waals surface area (Å²) in [6.07, 6.45) is 3.40. The Morgan fingerprint density at radius 1 is 1.09 bits per heavy atom. The fourth-order valence-corrected chi connectivity index (χ4v) is 4.31. The van der Waals surface area contributed by atoms with E-state index in [1.165, 1.54) is 11.1 Å².